The largest absolute Gasteiger partial charge is 0.497 e. The highest BCUT2D eigenvalue weighted by Crippen LogP contribution is 2.30. The number of aryl methyl sites for hydroxylation is 1. The first-order valence-corrected chi connectivity index (χ1v) is 10.9. The van der Waals surface area contributed by atoms with Crippen LogP contribution in [0.4, 0.5) is 0 Å². The first kappa shape index (κ1) is 19.9. The number of fused-ring (bicyclic) bond motifs is 1. The van der Waals surface area contributed by atoms with E-state index in [2.05, 4.69) is 6.07 Å². The van der Waals surface area contributed by atoms with Crippen LogP contribution in [0.15, 0.2) is 53.4 Å². The standard InChI is InChI=1S/C21H27NO4S/c1-26-18-11-10-15-6-5-7-16(12-17(15)13-18)21(22)20(23)14-27(24,25)19-8-3-2-4-9-19/h2-4,8-11,13,16,20-21,23H,5-7,12,14,22H2,1H3/t16?,20-,21?/m1/s1. The third-order valence-electron chi connectivity index (χ3n) is 5.40. The zero-order valence-electron chi connectivity index (χ0n) is 15.5. The number of rotatable bonds is 6. The lowest BCUT2D eigenvalue weighted by molar-refractivity contribution is 0.132. The molecule has 0 amide bonds. The maximum atomic E-state index is 12.5. The number of aliphatic hydroxyl groups excluding tert-OH is 1. The van der Waals surface area contributed by atoms with Crippen molar-refractivity contribution in [1.29, 1.82) is 0 Å². The average molecular weight is 390 g/mol. The molecule has 6 heteroatoms. The maximum absolute atomic E-state index is 12.5. The summed E-state index contributed by atoms with van der Waals surface area (Å²) in [5.74, 6) is 0.467. The van der Waals surface area contributed by atoms with Gasteiger partial charge in [0.1, 0.15) is 5.75 Å². The molecule has 2 aromatic rings. The fraction of sp³-hybridized carbons (Fsp3) is 0.429. The first-order valence-electron chi connectivity index (χ1n) is 9.28. The van der Waals surface area contributed by atoms with E-state index in [1.807, 2.05) is 12.1 Å². The van der Waals surface area contributed by atoms with E-state index in [1.165, 1.54) is 11.1 Å². The number of nitrogens with two attached hydrogens (primary N) is 1. The molecular weight excluding hydrogens is 362 g/mol. The molecule has 3 rings (SSSR count). The van der Waals surface area contributed by atoms with E-state index in [1.54, 1.807) is 37.4 Å². The van der Waals surface area contributed by atoms with Crippen molar-refractivity contribution in [3.63, 3.8) is 0 Å². The second kappa shape index (κ2) is 8.42. The molecule has 0 bridgehead atoms. The molecule has 0 saturated carbocycles. The van der Waals surface area contributed by atoms with Crippen LogP contribution in [0, 0.1) is 5.92 Å². The van der Waals surface area contributed by atoms with Gasteiger partial charge in [-0.1, -0.05) is 24.3 Å². The Morgan fingerprint density at radius 3 is 2.63 bits per heavy atom. The van der Waals surface area contributed by atoms with Gasteiger partial charge < -0.3 is 15.6 Å². The topological polar surface area (TPSA) is 89.6 Å². The Bertz CT molecular complexity index is 867. The van der Waals surface area contributed by atoms with E-state index >= 15 is 0 Å². The smallest absolute Gasteiger partial charge is 0.180 e. The molecule has 5 nitrogen and oxygen atoms in total. The fourth-order valence-corrected chi connectivity index (χ4v) is 5.24. The molecule has 2 aromatic carbocycles. The summed E-state index contributed by atoms with van der Waals surface area (Å²) >= 11 is 0. The second-order valence-corrected chi connectivity index (χ2v) is 9.26. The third kappa shape index (κ3) is 4.69. The van der Waals surface area contributed by atoms with Gasteiger partial charge in [0.2, 0.25) is 0 Å². The van der Waals surface area contributed by atoms with Crippen LogP contribution >= 0.6 is 0 Å². The average Bonchev–Trinajstić information content (AvgIpc) is 2.89. The minimum absolute atomic E-state index is 0.0272. The van der Waals surface area contributed by atoms with Crippen LogP contribution in [0.2, 0.25) is 0 Å². The summed E-state index contributed by atoms with van der Waals surface area (Å²) < 4.78 is 30.4. The zero-order valence-corrected chi connectivity index (χ0v) is 16.4. The Morgan fingerprint density at radius 1 is 1.19 bits per heavy atom. The Hall–Kier alpha value is -1.89. The van der Waals surface area contributed by atoms with Crippen molar-refractivity contribution in [3.8, 4) is 5.75 Å². The van der Waals surface area contributed by atoms with E-state index in [4.69, 9.17) is 10.5 Å². The molecule has 0 aromatic heterocycles. The molecule has 0 spiro atoms. The predicted octanol–water partition coefficient (Wildman–Crippen LogP) is 2.35. The van der Waals surface area contributed by atoms with Crippen LogP contribution in [0.3, 0.4) is 0 Å². The minimum atomic E-state index is -3.57. The Kier molecular flexibility index (Phi) is 6.19. The van der Waals surface area contributed by atoms with E-state index in [0.29, 0.717) is 0 Å². The molecule has 1 aliphatic carbocycles. The minimum Gasteiger partial charge on any atom is -0.497 e. The fourth-order valence-electron chi connectivity index (χ4n) is 3.81. The molecule has 3 atom stereocenters. The summed E-state index contributed by atoms with van der Waals surface area (Å²) in [6.07, 6.45) is 2.40. The van der Waals surface area contributed by atoms with Gasteiger partial charge in [0, 0.05) is 6.04 Å². The van der Waals surface area contributed by atoms with E-state index < -0.39 is 22.0 Å². The van der Waals surface area contributed by atoms with Gasteiger partial charge in [-0.3, -0.25) is 0 Å². The monoisotopic (exact) mass is 389 g/mol. The van der Waals surface area contributed by atoms with E-state index in [0.717, 1.165) is 31.4 Å². The van der Waals surface area contributed by atoms with Gasteiger partial charge in [0.25, 0.3) is 0 Å². The summed E-state index contributed by atoms with van der Waals surface area (Å²) in [5, 5.41) is 10.6. The van der Waals surface area contributed by atoms with Gasteiger partial charge in [0.05, 0.1) is 23.9 Å². The molecule has 3 N–H and O–H groups in total. The van der Waals surface area contributed by atoms with Crippen LogP contribution in [0.5, 0.6) is 5.75 Å². The van der Waals surface area contributed by atoms with Crippen molar-refractivity contribution in [2.24, 2.45) is 11.7 Å². The van der Waals surface area contributed by atoms with Crippen molar-refractivity contribution >= 4 is 9.84 Å². The highest BCUT2D eigenvalue weighted by Gasteiger charge is 2.31. The van der Waals surface area contributed by atoms with Crippen molar-refractivity contribution < 1.29 is 18.3 Å². The van der Waals surface area contributed by atoms with Crippen molar-refractivity contribution in [2.45, 2.75) is 42.7 Å². The quantitative estimate of drug-likeness (QED) is 0.740. The summed E-state index contributed by atoms with van der Waals surface area (Å²) in [6, 6.07) is 13.7. The Morgan fingerprint density at radius 2 is 1.93 bits per heavy atom. The molecule has 1 aliphatic rings. The molecule has 0 saturated heterocycles. The number of benzene rings is 2. The van der Waals surface area contributed by atoms with Gasteiger partial charge in [-0.15, -0.1) is 0 Å². The van der Waals surface area contributed by atoms with Gasteiger partial charge in [0.15, 0.2) is 9.84 Å². The summed E-state index contributed by atoms with van der Waals surface area (Å²) in [6.45, 7) is 0. The third-order valence-corrected chi connectivity index (χ3v) is 7.17. The number of hydrogen-bond donors (Lipinski definition) is 2. The maximum Gasteiger partial charge on any atom is 0.180 e. The summed E-state index contributed by atoms with van der Waals surface area (Å²) in [7, 11) is -1.93. The molecular formula is C21H27NO4S. The lowest BCUT2D eigenvalue weighted by Crippen LogP contribution is -2.45. The van der Waals surface area contributed by atoms with Gasteiger partial charge >= 0.3 is 0 Å². The number of ether oxygens (including phenoxy) is 1. The highest BCUT2D eigenvalue weighted by molar-refractivity contribution is 7.91. The number of sulfone groups is 1. The lowest BCUT2D eigenvalue weighted by Gasteiger charge is -2.27. The van der Waals surface area contributed by atoms with Crippen LogP contribution in [-0.4, -0.2) is 38.5 Å². The van der Waals surface area contributed by atoms with E-state index in [9.17, 15) is 13.5 Å². The summed E-state index contributed by atoms with van der Waals surface area (Å²) in [5.41, 5.74) is 8.78. The molecule has 0 fully saturated rings. The van der Waals surface area contributed by atoms with Crippen molar-refractivity contribution in [1.82, 2.24) is 0 Å². The molecule has 2 unspecified atom stereocenters. The van der Waals surface area contributed by atoms with Crippen LogP contribution < -0.4 is 10.5 Å². The van der Waals surface area contributed by atoms with Crippen LogP contribution in [0.1, 0.15) is 24.0 Å². The normalized spacial score (nSPS) is 19.6. The Labute approximate surface area is 161 Å². The number of methoxy groups -OCH3 is 1. The first-order chi connectivity index (χ1) is 12.9. The zero-order chi connectivity index (χ0) is 19.4. The number of hydrogen-bond acceptors (Lipinski definition) is 5. The highest BCUT2D eigenvalue weighted by atomic mass is 32.2. The van der Waals surface area contributed by atoms with Gasteiger partial charge in [-0.05, 0) is 67.0 Å². The molecule has 0 aliphatic heterocycles. The number of aliphatic hydroxyl groups is 1. The summed E-state index contributed by atoms with van der Waals surface area (Å²) in [4.78, 5) is 0.215. The van der Waals surface area contributed by atoms with Crippen molar-refractivity contribution in [3.05, 3.63) is 59.7 Å². The van der Waals surface area contributed by atoms with Crippen LogP contribution in [-0.2, 0) is 22.7 Å². The van der Waals surface area contributed by atoms with Gasteiger partial charge in [-0.2, -0.15) is 0 Å². The predicted molar refractivity (Wildman–Crippen MR) is 106 cm³/mol. The van der Waals surface area contributed by atoms with Crippen LogP contribution in [0.25, 0.3) is 0 Å². The SMILES string of the molecule is COc1ccc2c(c1)CC(C(N)[C@H](O)CS(=O)(=O)c1ccccc1)CCC2. The van der Waals surface area contributed by atoms with Crippen molar-refractivity contribution in [2.75, 3.05) is 12.9 Å². The Balaban J connectivity index is 1.73. The molecule has 0 heterocycles. The molecule has 27 heavy (non-hydrogen) atoms. The molecule has 0 radical (unpaired) electrons. The van der Waals surface area contributed by atoms with Gasteiger partial charge in [-0.25, -0.2) is 8.42 Å². The second-order valence-electron chi connectivity index (χ2n) is 7.23. The van der Waals surface area contributed by atoms with E-state index in [-0.39, 0.29) is 16.6 Å². The molecule has 146 valence electrons. The lowest BCUT2D eigenvalue weighted by atomic mass is 9.88.